The van der Waals surface area contributed by atoms with Gasteiger partial charge < -0.3 is 14.7 Å². The standard InChI is InChI=1S/C28H30F2N4O2/c1-3-14-36-24-9-10-25(21(15-24)16-31)34-13-12-33(18-26(34)20-4-6-22(29)7-5-20)19-28(2,35)27-11-8-23(30)17-32-27/h4-11,15,17,26,35H,3,12-14,18-19H2,1-2H3/t26-,28+/m0/s1. The largest absolute Gasteiger partial charge is 0.494 e. The molecule has 6 nitrogen and oxygen atoms in total. The summed E-state index contributed by atoms with van der Waals surface area (Å²) < 4.78 is 32.8. The van der Waals surface area contributed by atoms with Crippen molar-refractivity contribution in [1.29, 1.82) is 5.26 Å². The average Bonchev–Trinajstić information content (AvgIpc) is 2.88. The molecule has 8 heteroatoms. The molecule has 1 N–H and O–H groups in total. The van der Waals surface area contributed by atoms with Gasteiger partial charge in [0.2, 0.25) is 0 Å². The van der Waals surface area contributed by atoms with Crippen LogP contribution < -0.4 is 9.64 Å². The fourth-order valence-corrected chi connectivity index (χ4v) is 4.62. The third kappa shape index (κ3) is 5.81. The van der Waals surface area contributed by atoms with E-state index in [0.29, 0.717) is 43.2 Å². The predicted octanol–water partition coefficient (Wildman–Crippen LogP) is 4.79. The molecule has 4 rings (SSSR count). The lowest BCUT2D eigenvalue weighted by Gasteiger charge is -2.45. The number of aromatic nitrogens is 1. The monoisotopic (exact) mass is 492 g/mol. The Morgan fingerprint density at radius 3 is 2.53 bits per heavy atom. The Kier molecular flexibility index (Phi) is 7.82. The number of ether oxygens (including phenoxy) is 1. The van der Waals surface area contributed by atoms with E-state index in [1.807, 2.05) is 19.1 Å². The highest BCUT2D eigenvalue weighted by Crippen LogP contribution is 2.35. The van der Waals surface area contributed by atoms with Gasteiger partial charge in [0, 0.05) is 26.2 Å². The zero-order valence-corrected chi connectivity index (χ0v) is 20.5. The number of aliphatic hydroxyl groups is 1. The average molecular weight is 493 g/mol. The molecule has 2 heterocycles. The molecule has 0 radical (unpaired) electrons. The first kappa shape index (κ1) is 25.5. The van der Waals surface area contributed by atoms with E-state index in [1.54, 1.807) is 25.1 Å². The van der Waals surface area contributed by atoms with E-state index in [1.165, 1.54) is 24.3 Å². The summed E-state index contributed by atoms with van der Waals surface area (Å²) in [7, 11) is 0. The van der Waals surface area contributed by atoms with E-state index < -0.39 is 11.4 Å². The van der Waals surface area contributed by atoms with Crippen molar-refractivity contribution in [3.05, 3.63) is 89.2 Å². The normalized spacial score (nSPS) is 17.9. The molecule has 0 unspecified atom stereocenters. The summed E-state index contributed by atoms with van der Waals surface area (Å²) in [4.78, 5) is 8.33. The highest BCUT2D eigenvalue weighted by molar-refractivity contribution is 5.63. The van der Waals surface area contributed by atoms with Gasteiger partial charge >= 0.3 is 0 Å². The van der Waals surface area contributed by atoms with Crippen LogP contribution in [0.5, 0.6) is 5.75 Å². The maximum absolute atomic E-state index is 13.7. The van der Waals surface area contributed by atoms with Crippen LogP contribution in [0.1, 0.15) is 43.1 Å². The molecule has 0 bridgehead atoms. The Labute approximate surface area is 210 Å². The molecule has 1 aliphatic rings. The second-order valence-electron chi connectivity index (χ2n) is 9.27. The summed E-state index contributed by atoms with van der Waals surface area (Å²) in [6.07, 6.45) is 1.97. The van der Waals surface area contributed by atoms with Gasteiger partial charge in [0.25, 0.3) is 0 Å². The quantitative estimate of drug-likeness (QED) is 0.488. The Balaban J connectivity index is 1.62. The molecule has 0 amide bonds. The zero-order valence-electron chi connectivity index (χ0n) is 20.5. The number of piperazine rings is 1. The van der Waals surface area contributed by atoms with E-state index in [2.05, 4.69) is 20.9 Å². The molecule has 2 atom stereocenters. The van der Waals surface area contributed by atoms with Crippen LogP contribution in [0.3, 0.4) is 0 Å². The van der Waals surface area contributed by atoms with Gasteiger partial charge in [-0.1, -0.05) is 19.1 Å². The topological polar surface area (TPSA) is 72.6 Å². The number of rotatable bonds is 8. The van der Waals surface area contributed by atoms with Crippen molar-refractivity contribution < 1.29 is 18.6 Å². The van der Waals surface area contributed by atoms with Crippen LogP contribution in [0.2, 0.25) is 0 Å². The molecular weight excluding hydrogens is 462 g/mol. The van der Waals surface area contributed by atoms with Gasteiger partial charge in [-0.25, -0.2) is 8.78 Å². The van der Waals surface area contributed by atoms with Crippen LogP contribution in [-0.4, -0.2) is 47.8 Å². The molecule has 188 valence electrons. The summed E-state index contributed by atoms with van der Waals surface area (Å²) in [5.41, 5.74) is 1.28. The molecule has 0 aliphatic carbocycles. The Morgan fingerprint density at radius 1 is 1.11 bits per heavy atom. The second kappa shape index (κ2) is 11.0. The van der Waals surface area contributed by atoms with Crippen molar-refractivity contribution >= 4 is 5.69 Å². The number of hydrogen-bond acceptors (Lipinski definition) is 6. The Morgan fingerprint density at radius 2 is 1.86 bits per heavy atom. The minimum Gasteiger partial charge on any atom is -0.494 e. The second-order valence-corrected chi connectivity index (χ2v) is 9.27. The summed E-state index contributed by atoms with van der Waals surface area (Å²) in [5.74, 6) is -0.130. The minimum atomic E-state index is -1.29. The first-order chi connectivity index (χ1) is 17.3. The van der Waals surface area contributed by atoms with E-state index in [0.717, 1.165) is 23.9 Å². The van der Waals surface area contributed by atoms with Gasteiger partial charge in [0.1, 0.15) is 29.1 Å². The van der Waals surface area contributed by atoms with E-state index in [9.17, 15) is 19.1 Å². The fraction of sp³-hybridized carbons (Fsp3) is 0.357. The van der Waals surface area contributed by atoms with Gasteiger partial charge in [-0.3, -0.25) is 9.88 Å². The van der Waals surface area contributed by atoms with Crippen molar-refractivity contribution in [2.45, 2.75) is 31.9 Å². The number of benzene rings is 2. The van der Waals surface area contributed by atoms with E-state index in [-0.39, 0.29) is 18.4 Å². The van der Waals surface area contributed by atoms with Crippen molar-refractivity contribution in [2.75, 3.05) is 37.7 Å². The number of nitriles is 1. The smallest absolute Gasteiger partial charge is 0.141 e. The van der Waals surface area contributed by atoms with E-state index in [4.69, 9.17) is 4.74 Å². The predicted molar refractivity (Wildman–Crippen MR) is 134 cm³/mol. The summed E-state index contributed by atoms with van der Waals surface area (Å²) in [5, 5.41) is 21.0. The lowest BCUT2D eigenvalue weighted by molar-refractivity contribution is 0.00669. The number of halogens is 2. The Hall–Kier alpha value is -3.54. The van der Waals surface area contributed by atoms with Crippen LogP contribution in [0.4, 0.5) is 14.5 Å². The number of hydrogen-bond donors (Lipinski definition) is 1. The highest BCUT2D eigenvalue weighted by atomic mass is 19.1. The zero-order chi connectivity index (χ0) is 25.7. The lowest BCUT2D eigenvalue weighted by atomic mass is 9.96. The molecule has 1 aliphatic heterocycles. The van der Waals surface area contributed by atoms with Crippen molar-refractivity contribution in [3.8, 4) is 11.8 Å². The molecule has 2 aromatic carbocycles. The maximum atomic E-state index is 13.7. The number of β-amino-alcohol motifs (C(OH)–C–C–N with tert-alkyl or cyclic N) is 1. The fourth-order valence-electron chi connectivity index (χ4n) is 4.62. The van der Waals surface area contributed by atoms with Gasteiger partial charge in [-0.05, 0) is 61.4 Å². The van der Waals surface area contributed by atoms with Gasteiger partial charge in [-0.2, -0.15) is 5.26 Å². The molecule has 0 saturated carbocycles. The molecule has 36 heavy (non-hydrogen) atoms. The van der Waals surface area contributed by atoms with Crippen molar-refractivity contribution in [1.82, 2.24) is 9.88 Å². The van der Waals surface area contributed by atoms with Gasteiger partial charge in [-0.15, -0.1) is 0 Å². The SMILES string of the molecule is CCCOc1ccc(N2CCN(C[C@@](C)(O)c3ccc(F)cn3)C[C@H]2c2ccc(F)cc2)c(C#N)c1. The number of pyridine rings is 1. The van der Waals surface area contributed by atoms with Crippen molar-refractivity contribution in [3.63, 3.8) is 0 Å². The third-order valence-corrected chi connectivity index (χ3v) is 6.40. The maximum Gasteiger partial charge on any atom is 0.141 e. The first-order valence-electron chi connectivity index (χ1n) is 12.1. The van der Waals surface area contributed by atoms with E-state index >= 15 is 0 Å². The molecule has 1 saturated heterocycles. The molecule has 1 fully saturated rings. The third-order valence-electron chi connectivity index (χ3n) is 6.40. The van der Waals surface area contributed by atoms with Crippen LogP contribution in [-0.2, 0) is 5.60 Å². The Bertz CT molecular complexity index is 1210. The van der Waals surface area contributed by atoms with Crippen LogP contribution in [0, 0.1) is 23.0 Å². The summed E-state index contributed by atoms with van der Waals surface area (Å²) in [6, 6.07) is 16.8. The van der Waals surface area contributed by atoms with Gasteiger partial charge in [0.15, 0.2) is 0 Å². The molecule has 3 aromatic rings. The summed E-state index contributed by atoms with van der Waals surface area (Å²) in [6.45, 7) is 6.27. The number of anilines is 1. The van der Waals surface area contributed by atoms with Crippen molar-refractivity contribution in [2.24, 2.45) is 0 Å². The molecule has 1 aromatic heterocycles. The highest BCUT2D eigenvalue weighted by Gasteiger charge is 2.34. The van der Waals surface area contributed by atoms with Crippen LogP contribution in [0.15, 0.2) is 60.8 Å². The van der Waals surface area contributed by atoms with Gasteiger partial charge in [0.05, 0.1) is 35.8 Å². The van der Waals surface area contributed by atoms with Crippen LogP contribution >= 0.6 is 0 Å². The minimum absolute atomic E-state index is 0.189. The lowest BCUT2D eigenvalue weighted by Crippen LogP contribution is -2.52. The molecule has 0 spiro atoms. The molecular formula is C28H30F2N4O2. The first-order valence-corrected chi connectivity index (χ1v) is 12.1. The summed E-state index contributed by atoms with van der Waals surface area (Å²) >= 11 is 0. The number of nitrogens with zero attached hydrogens (tertiary/aromatic N) is 4. The van der Waals surface area contributed by atoms with Crippen LogP contribution in [0.25, 0.3) is 0 Å².